The van der Waals surface area contributed by atoms with Crippen molar-refractivity contribution in [1.29, 1.82) is 0 Å². The molecule has 2 aromatic rings. The lowest BCUT2D eigenvalue weighted by Crippen LogP contribution is -2.65. The average molecular weight is 328 g/mol. The number of halogens is 1. The number of hydrogen-bond acceptors (Lipinski definition) is 2. The van der Waals surface area contributed by atoms with E-state index in [1.54, 1.807) is 6.07 Å². The van der Waals surface area contributed by atoms with Gasteiger partial charge in [0.1, 0.15) is 11.6 Å². The van der Waals surface area contributed by atoms with Crippen molar-refractivity contribution in [3.05, 3.63) is 59.4 Å². The molecule has 118 valence electrons. The zero-order chi connectivity index (χ0) is 16.2. The van der Waals surface area contributed by atoms with Gasteiger partial charge in [-0.2, -0.15) is 0 Å². The van der Waals surface area contributed by atoms with Gasteiger partial charge in [-0.25, -0.2) is 4.39 Å². The van der Waals surface area contributed by atoms with Crippen LogP contribution in [0.3, 0.4) is 0 Å². The van der Waals surface area contributed by atoms with E-state index >= 15 is 0 Å². The second-order valence-corrected chi connectivity index (χ2v) is 6.73. The van der Waals surface area contributed by atoms with Crippen LogP contribution in [-0.4, -0.2) is 10.8 Å². The zero-order valence-electron chi connectivity index (χ0n) is 13.0. The highest BCUT2D eigenvalue weighted by atomic mass is 32.1. The molecule has 3 nitrogen and oxygen atoms in total. The molecule has 0 amide bonds. The van der Waals surface area contributed by atoms with Gasteiger partial charge in [0.25, 0.3) is 0 Å². The Kier molecular flexibility index (Phi) is 3.10. The molecule has 2 aromatic carbocycles. The number of benzene rings is 2. The van der Waals surface area contributed by atoms with E-state index in [0.29, 0.717) is 17.3 Å². The van der Waals surface area contributed by atoms with E-state index in [4.69, 9.17) is 17.0 Å². The SMILES string of the molecule is Cc1cccc(N2C(=S)N[C@H]3C[C@@]2(C)Oc2ccc(F)cc23)c1. The highest BCUT2D eigenvalue weighted by Gasteiger charge is 2.48. The van der Waals surface area contributed by atoms with Crippen molar-refractivity contribution in [2.45, 2.75) is 32.0 Å². The third kappa shape index (κ3) is 2.27. The fourth-order valence-electron chi connectivity index (χ4n) is 3.50. The number of thiocarbonyl (C=S) groups is 1. The summed E-state index contributed by atoms with van der Waals surface area (Å²) >= 11 is 5.58. The molecule has 0 aliphatic carbocycles. The van der Waals surface area contributed by atoms with Gasteiger partial charge in [0.15, 0.2) is 10.8 Å². The molecule has 2 aliphatic rings. The molecular formula is C18H17FN2OS. The highest BCUT2D eigenvalue weighted by Crippen LogP contribution is 2.45. The summed E-state index contributed by atoms with van der Waals surface area (Å²) in [7, 11) is 0. The lowest BCUT2D eigenvalue weighted by molar-refractivity contribution is 0.0495. The molecule has 2 atom stereocenters. The Balaban J connectivity index is 1.81. The molecule has 0 radical (unpaired) electrons. The van der Waals surface area contributed by atoms with Gasteiger partial charge in [-0.1, -0.05) is 12.1 Å². The van der Waals surface area contributed by atoms with Crippen LogP contribution in [0.5, 0.6) is 5.75 Å². The molecule has 5 heteroatoms. The molecule has 2 bridgehead atoms. The lowest BCUT2D eigenvalue weighted by atomic mass is 9.90. The molecular weight excluding hydrogens is 311 g/mol. The smallest absolute Gasteiger partial charge is 0.188 e. The number of ether oxygens (including phenoxy) is 1. The molecule has 0 spiro atoms. The number of nitrogens with one attached hydrogen (secondary N) is 1. The van der Waals surface area contributed by atoms with Crippen molar-refractivity contribution < 1.29 is 9.13 Å². The maximum Gasteiger partial charge on any atom is 0.188 e. The van der Waals surface area contributed by atoms with Gasteiger partial charge in [0.05, 0.1) is 6.04 Å². The molecule has 2 heterocycles. The van der Waals surface area contributed by atoms with Crippen LogP contribution in [0.15, 0.2) is 42.5 Å². The number of aryl methyl sites for hydroxylation is 1. The van der Waals surface area contributed by atoms with Crippen LogP contribution in [0.2, 0.25) is 0 Å². The number of hydrogen-bond donors (Lipinski definition) is 1. The molecule has 4 rings (SSSR count). The van der Waals surface area contributed by atoms with Crippen LogP contribution in [-0.2, 0) is 0 Å². The summed E-state index contributed by atoms with van der Waals surface area (Å²) in [5.41, 5.74) is 2.39. The Bertz CT molecular complexity index is 809. The molecule has 0 saturated carbocycles. The van der Waals surface area contributed by atoms with Crippen molar-refractivity contribution in [3.63, 3.8) is 0 Å². The minimum atomic E-state index is -0.592. The summed E-state index contributed by atoms with van der Waals surface area (Å²) in [4.78, 5) is 2.01. The third-order valence-corrected chi connectivity index (χ3v) is 4.79. The monoisotopic (exact) mass is 328 g/mol. The molecule has 2 aliphatic heterocycles. The average Bonchev–Trinajstić information content (AvgIpc) is 2.47. The van der Waals surface area contributed by atoms with Gasteiger partial charge in [-0.05, 0) is 62.0 Å². The lowest BCUT2D eigenvalue weighted by Gasteiger charge is -2.52. The minimum absolute atomic E-state index is 0.0343. The van der Waals surface area contributed by atoms with Crippen molar-refractivity contribution in [2.75, 3.05) is 4.90 Å². The first-order valence-electron chi connectivity index (χ1n) is 7.62. The van der Waals surface area contributed by atoms with Gasteiger partial charge in [0.2, 0.25) is 0 Å². The summed E-state index contributed by atoms with van der Waals surface area (Å²) in [5, 5.41) is 3.94. The van der Waals surface area contributed by atoms with E-state index < -0.39 is 5.72 Å². The molecule has 0 aromatic heterocycles. The molecule has 0 unspecified atom stereocenters. The third-order valence-electron chi connectivity index (χ3n) is 4.49. The van der Waals surface area contributed by atoms with E-state index in [9.17, 15) is 4.39 Å². The number of fused-ring (bicyclic) bond motifs is 4. The quantitative estimate of drug-likeness (QED) is 0.798. The summed E-state index contributed by atoms with van der Waals surface area (Å²) in [6, 6.07) is 12.8. The summed E-state index contributed by atoms with van der Waals surface area (Å²) in [6.07, 6.45) is 0.692. The molecule has 23 heavy (non-hydrogen) atoms. The van der Waals surface area contributed by atoms with Crippen molar-refractivity contribution >= 4 is 23.0 Å². The first-order valence-corrected chi connectivity index (χ1v) is 8.03. The van der Waals surface area contributed by atoms with Crippen LogP contribution in [0.1, 0.15) is 30.5 Å². The fourth-order valence-corrected chi connectivity index (χ4v) is 3.94. The summed E-state index contributed by atoms with van der Waals surface area (Å²) < 4.78 is 19.8. The van der Waals surface area contributed by atoms with Crippen LogP contribution < -0.4 is 15.0 Å². The van der Waals surface area contributed by atoms with Crippen LogP contribution in [0.4, 0.5) is 10.1 Å². The van der Waals surface area contributed by atoms with Gasteiger partial charge in [-0.15, -0.1) is 0 Å². The topological polar surface area (TPSA) is 24.5 Å². The van der Waals surface area contributed by atoms with Gasteiger partial charge >= 0.3 is 0 Å². The zero-order valence-corrected chi connectivity index (χ0v) is 13.8. The number of nitrogens with zero attached hydrogens (tertiary/aromatic N) is 1. The minimum Gasteiger partial charge on any atom is -0.467 e. The van der Waals surface area contributed by atoms with Gasteiger partial charge in [-0.3, -0.25) is 4.90 Å². The second-order valence-electron chi connectivity index (χ2n) is 6.34. The van der Waals surface area contributed by atoms with Crippen LogP contribution in [0.25, 0.3) is 0 Å². The predicted molar refractivity (Wildman–Crippen MR) is 92.2 cm³/mol. The predicted octanol–water partition coefficient (Wildman–Crippen LogP) is 4.07. The van der Waals surface area contributed by atoms with Crippen LogP contribution in [0, 0.1) is 12.7 Å². The Labute approximate surface area is 140 Å². The molecule has 1 fully saturated rings. The second kappa shape index (κ2) is 4.93. The largest absolute Gasteiger partial charge is 0.467 e. The maximum atomic E-state index is 13.6. The van der Waals surface area contributed by atoms with E-state index in [1.807, 2.05) is 24.0 Å². The Hall–Kier alpha value is -2.14. The highest BCUT2D eigenvalue weighted by molar-refractivity contribution is 7.80. The van der Waals surface area contributed by atoms with Crippen LogP contribution >= 0.6 is 12.2 Å². The summed E-state index contributed by atoms with van der Waals surface area (Å²) in [6.45, 7) is 4.08. The van der Waals surface area contributed by atoms with Gasteiger partial charge in [0, 0.05) is 17.7 Å². The molecule has 1 N–H and O–H groups in total. The number of rotatable bonds is 1. The van der Waals surface area contributed by atoms with E-state index in [1.165, 1.54) is 12.1 Å². The van der Waals surface area contributed by atoms with Crippen molar-refractivity contribution in [1.82, 2.24) is 5.32 Å². The summed E-state index contributed by atoms with van der Waals surface area (Å²) in [5.74, 6) is 0.447. The van der Waals surface area contributed by atoms with E-state index in [2.05, 4.69) is 24.4 Å². The molecule has 1 saturated heterocycles. The standard InChI is InChI=1S/C18H17FN2OS/c1-11-4-3-5-13(8-11)21-17(23)20-15-10-18(21,2)22-16-7-6-12(19)9-14(15)16/h3-9,15H,10H2,1-2H3,(H,20,23)/t15-,18+/m0/s1. The Morgan fingerprint density at radius 3 is 2.91 bits per heavy atom. The maximum absolute atomic E-state index is 13.6. The normalized spacial score (nSPS) is 25.4. The van der Waals surface area contributed by atoms with Crippen molar-refractivity contribution in [3.8, 4) is 5.75 Å². The Morgan fingerprint density at radius 2 is 2.13 bits per heavy atom. The van der Waals surface area contributed by atoms with Crippen molar-refractivity contribution in [2.24, 2.45) is 0 Å². The Morgan fingerprint density at radius 1 is 1.30 bits per heavy atom. The van der Waals surface area contributed by atoms with E-state index in [-0.39, 0.29) is 11.9 Å². The van der Waals surface area contributed by atoms with Gasteiger partial charge < -0.3 is 10.1 Å². The first kappa shape index (κ1) is 14.5. The number of anilines is 1. The first-order chi connectivity index (χ1) is 11.0. The van der Waals surface area contributed by atoms with E-state index in [0.717, 1.165) is 16.8 Å². The fraction of sp³-hybridized carbons (Fsp3) is 0.278.